The Labute approximate surface area is 161 Å². The number of aromatic nitrogens is 2. The first-order valence-electron chi connectivity index (χ1n) is 9.63. The lowest BCUT2D eigenvalue weighted by Gasteiger charge is -2.34. The van der Waals surface area contributed by atoms with Crippen LogP contribution in [-0.4, -0.2) is 46.8 Å². The zero-order chi connectivity index (χ0) is 19.1. The van der Waals surface area contributed by atoms with E-state index in [1.165, 1.54) is 5.56 Å². The summed E-state index contributed by atoms with van der Waals surface area (Å²) in [4.78, 5) is 14.4. The van der Waals surface area contributed by atoms with E-state index in [4.69, 9.17) is 0 Å². The highest BCUT2D eigenvalue weighted by atomic mass is 16.2. The fourth-order valence-corrected chi connectivity index (χ4v) is 3.45. The highest BCUT2D eigenvalue weighted by Gasteiger charge is 2.25. The van der Waals surface area contributed by atoms with Crippen LogP contribution in [0.25, 0.3) is 0 Å². The average Bonchev–Trinajstić information content (AvgIpc) is 2.68. The molecule has 1 aromatic carbocycles. The SMILES string of the molecule is CC(C)(CNC(=O)N1CCC(Nc2cccnn2)CC1)Cc1ccccc1. The number of carbonyl (C=O) groups excluding carboxylic acids is 1. The van der Waals surface area contributed by atoms with Crippen molar-refractivity contribution in [3.05, 3.63) is 54.2 Å². The van der Waals surface area contributed by atoms with Gasteiger partial charge in [-0.25, -0.2) is 4.79 Å². The number of carbonyl (C=O) groups is 1. The van der Waals surface area contributed by atoms with Gasteiger partial charge in [-0.1, -0.05) is 44.2 Å². The van der Waals surface area contributed by atoms with E-state index < -0.39 is 0 Å². The predicted octanol–water partition coefficient (Wildman–Crippen LogP) is 3.33. The monoisotopic (exact) mass is 367 g/mol. The Kier molecular flexibility index (Phi) is 6.27. The zero-order valence-electron chi connectivity index (χ0n) is 16.2. The van der Waals surface area contributed by atoms with Crippen molar-refractivity contribution >= 4 is 11.8 Å². The van der Waals surface area contributed by atoms with Gasteiger partial charge in [0.15, 0.2) is 0 Å². The summed E-state index contributed by atoms with van der Waals surface area (Å²) in [5.74, 6) is 0.795. The lowest BCUT2D eigenvalue weighted by atomic mass is 9.86. The third-order valence-electron chi connectivity index (χ3n) is 4.95. The number of amides is 2. The second kappa shape index (κ2) is 8.84. The molecular formula is C21H29N5O. The zero-order valence-corrected chi connectivity index (χ0v) is 16.2. The molecular weight excluding hydrogens is 338 g/mol. The van der Waals surface area contributed by atoms with Gasteiger partial charge < -0.3 is 15.5 Å². The lowest BCUT2D eigenvalue weighted by Crippen LogP contribution is -2.48. The van der Waals surface area contributed by atoms with Crippen LogP contribution >= 0.6 is 0 Å². The summed E-state index contributed by atoms with van der Waals surface area (Å²) in [5, 5.41) is 14.5. The summed E-state index contributed by atoms with van der Waals surface area (Å²) in [6.07, 6.45) is 4.43. The molecule has 144 valence electrons. The van der Waals surface area contributed by atoms with E-state index in [0.29, 0.717) is 12.6 Å². The molecule has 0 unspecified atom stereocenters. The van der Waals surface area contributed by atoms with Crippen molar-refractivity contribution in [1.29, 1.82) is 0 Å². The Morgan fingerprint density at radius 3 is 2.56 bits per heavy atom. The minimum Gasteiger partial charge on any atom is -0.366 e. The number of urea groups is 1. The molecule has 2 N–H and O–H groups in total. The van der Waals surface area contributed by atoms with Crippen molar-refractivity contribution in [2.75, 3.05) is 25.0 Å². The van der Waals surface area contributed by atoms with E-state index in [9.17, 15) is 4.79 Å². The second-order valence-electron chi connectivity index (χ2n) is 8.00. The Hall–Kier alpha value is -2.63. The lowest BCUT2D eigenvalue weighted by molar-refractivity contribution is 0.178. The van der Waals surface area contributed by atoms with E-state index in [2.05, 4.69) is 58.9 Å². The fraction of sp³-hybridized carbons (Fsp3) is 0.476. The van der Waals surface area contributed by atoms with Crippen molar-refractivity contribution in [3.63, 3.8) is 0 Å². The standard InChI is InChI=1S/C21H29N5O/c1-21(2,15-17-7-4-3-5-8-17)16-22-20(27)26-13-10-18(11-14-26)24-19-9-6-12-23-25-19/h3-9,12,18H,10-11,13-16H2,1-2H3,(H,22,27)(H,24,25). The van der Waals surface area contributed by atoms with Crippen molar-refractivity contribution in [1.82, 2.24) is 20.4 Å². The Morgan fingerprint density at radius 1 is 1.15 bits per heavy atom. The molecule has 27 heavy (non-hydrogen) atoms. The number of hydrogen-bond acceptors (Lipinski definition) is 4. The number of benzene rings is 1. The maximum atomic E-state index is 12.5. The minimum atomic E-state index is 0.0167. The average molecular weight is 367 g/mol. The smallest absolute Gasteiger partial charge is 0.317 e. The molecule has 0 aliphatic carbocycles. The van der Waals surface area contributed by atoms with Crippen LogP contribution in [-0.2, 0) is 6.42 Å². The molecule has 0 bridgehead atoms. The molecule has 1 aliphatic rings. The molecule has 0 spiro atoms. The number of nitrogens with one attached hydrogen (secondary N) is 2. The van der Waals surface area contributed by atoms with Crippen molar-refractivity contribution in [2.24, 2.45) is 5.41 Å². The van der Waals surface area contributed by atoms with E-state index in [1.807, 2.05) is 23.1 Å². The third-order valence-corrected chi connectivity index (χ3v) is 4.95. The fourth-order valence-electron chi connectivity index (χ4n) is 3.45. The Bertz CT molecular complexity index is 712. The van der Waals surface area contributed by atoms with Gasteiger partial charge in [0.25, 0.3) is 0 Å². The van der Waals surface area contributed by atoms with Crippen LogP contribution in [0.5, 0.6) is 0 Å². The molecule has 2 amide bonds. The van der Waals surface area contributed by atoms with Gasteiger partial charge >= 0.3 is 6.03 Å². The van der Waals surface area contributed by atoms with Gasteiger partial charge in [-0.2, -0.15) is 5.10 Å². The third kappa shape index (κ3) is 5.94. The number of nitrogens with zero attached hydrogens (tertiary/aromatic N) is 3. The summed E-state index contributed by atoms with van der Waals surface area (Å²) in [6.45, 7) is 6.55. The van der Waals surface area contributed by atoms with Crippen LogP contribution in [0.4, 0.5) is 10.6 Å². The molecule has 1 aromatic heterocycles. The topological polar surface area (TPSA) is 70.2 Å². The first-order chi connectivity index (χ1) is 13.0. The van der Waals surface area contributed by atoms with E-state index in [1.54, 1.807) is 6.20 Å². The Morgan fingerprint density at radius 2 is 1.89 bits per heavy atom. The van der Waals surface area contributed by atoms with Crippen molar-refractivity contribution < 1.29 is 4.79 Å². The molecule has 0 radical (unpaired) electrons. The molecule has 0 atom stereocenters. The highest BCUT2D eigenvalue weighted by Crippen LogP contribution is 2.21. The summed E-state index contributed by atoms with van der Waals surface area (Å²) >= 11 is 0. The first-order valence-corrected chi connectivity index (χ1v) is 9.63. The molecule has 6 heteroatoms. The molecule has 1 saturated heterocycles. The van der Waals surface area contributed by atoms with E-state index in [-0.39, 0.29) is 11.4 Å². The molecule has 2 aromatic rings. The number of anilines is 1. The number of hydrogen-bond donors (Lipinski definition) is 2. The van der Waals surface area contributed by atoms with E-state index >= 15 is 0 Å². The van der Waals surface area contributed by atoms with E-state index in [0.717, 1.165) is 38.2 Å². The van der Waals surface area contributed by atoms with Gasteiger partial charge in [0.2, 0.25) is 0 Å². The quantitative estimate of drug-likeness (QED) is 0.822. The van der Waals surface area contributed by atoms with Gasteiger partial charge in [-0.15, -0.1) is 5.10 Å². The predicted molar refractivity (Wildman–Crippen MR) is 108 cm³/mol. The maximum Gasteiger partial charge on any atom is 0.317 e. The van der Waals surface area contributed by atoms with Gasteiger partial charge in [0.05, 0.1) is 0 Å². The van der Waals surface area contributed by atoms with Crippen LogP contribution in [0.15, 0.2) is 48.7 Å². The molecule has 6 nitrogen and oxygen atoms in total. The normalized spacial score (nSPS) is 15.4. The van der Waals surface area contributed by atoms with Crippen LogP contribution in [0.2, 0.25) is 0 Å². The summed E-state index contributed by atoms with van der Waals surface area (Å²) in [7, 11) is 0. The van der Waals surface area contributed by atoms with Gasteiger partial charge in [-0.05, 0) is 42.4 Å². The number of rotatable bonds is 6. The maximum absolute atomic E-state index is 12.5. The summed E-state index contributed by atoms with van der Waals surface area (Å²) in [5.41, 5.74) is 1.32. The van der Waals surface area contributed by atoms with Crippen LogP contribution in [0.1, 0.15) is 32.3 Å². The molecule has 3 rings (SSSR count). The Balaban J connectivity index is 1.41. The highest BCUT2D eigenvalue weighted by molar-refractivity contribution is 5.74. The number of likely N-dealkylation sites (tertiary alicyclic amines) is 1. The van der Waals surface area contributed by atoms with Crippen molar-refractivity contribution in [2.45, 2.75) is 39.2 Å². The molecule has 0 saturated carbocycles. The molecule has 2 heterocycles. The second-order valence-corrected chi connectivity index (χ2v) is 8.00. The molecule has 1 fully saturated rings. The number of piperidine rings is 1. The van der Waals surface area contributed by atoms with Crippen LogP contribution in [0, 0.1) is 5.41 Å². The molecule has 1 aliphatic heterocycles. The minimum absolute atomic E-state index is 0.0167. The van der Waals surface area contributed by atoms with Crippen LogP contribution < -0.4 is 10.6 Å². The van der Waals surface area contributed by atoms with Crippen LogP contribution in [0.3, 0.4) is 0 Å². The van der Waals surface area contributed by atoms with Gasteiger partial charge in [-0.3, -0.25) is 0 Å². The summed E-state index contributed by atoms with van der Waals surface area (Å²) in [6, 6.07) is 14.6. The largest absolute Gasteiger partial charge is 0.366 e. The summed E-state index contributed by atoms with van der Waals surface area (Å²) < 4.78 is 0. The first kappa shape index (κ1) is 19.1. The van der Waals surface area contributed by atoms with Crippen molar-refractivity contribution in [3.8, 4) is 0 Å². The van der Waals surface area contributed by atoms with Gasteiger partial charge in [0.1, 0.15) is 5.82 Å². The van der Waals surface area contributed by atoms with Gasteiger partial charge in [0, 0.05) is 31.9 Å².